The Hall–Kier alpha value is -2.05. The van der Waals surface area contributed by atoms with Gasteiger partial charge in [-0.15, -0.1) is 0 Å². The quantitative estimate of drug-likeness (QED) is 0.845. The lowest BCUT2D eigenvalue weighted by Crippen LogP contribution is -2.23. The summed E-state index contributed by atoms with van der Waals surface area (Å²) in [5.41, 5.74) is 6.43. The van der Waals surface area contributed by atoms with Crippen LogP contribution < -0.4 is 11.1 Å². The zero-order valence-electron chi connectivity index (χ0n) is 10.9. The molecule has 0 aliphatic rings. The van der Waals surface area contributed by atoms with E-state index in [1.807, 2.05) is 0 Å². The van der Waals surface area contributed by atoms with Crippen LogP contribution in [0.3, 0.4) is 0 Å². The number of nitrogens with one attached hydrogen (secondary N) is 1. The molecule has 21 heavy (non-hydrogen) atoms. The van der Waals surface area contributed by atoms with E-state index in [0.717, 1.165) is 0 Å². The lowest BCUT2D eigenvalue weighted by molar-refractivity contribution is -0.113. The fraction of sp³-hybridized carbons (Fsp3) is 0.0714. The Labute approximate surface area is 127 Å². The molecular weight excluding hydrogens is 312 g/mol. The van der Waals surface area contributed by atoms with Crippen LogP contribution in [-0.4, -0.2) is 20.1 Å². The first-order valence-corrected chi connectivity index (χ1v) is 8.04. The molecule has 1 amide bonds. The number of amides is 1. The van der Waals surface area contributed by atoms with E-state index < -0.39 is 21.5 Å². The third kappa shape index (κ3) is 3.96. The predicted octanol–water partition coefficient (Wildman–Crippen LogP) is 2.33. The minimum absolute atomic E-state index is 0.00573. The third-order valence-corrected chi connectivity index (χ3v) is 4.56. The van der Waals surface area contributed by atoms with Gasteiger partial charge in [0.15, 0.2) is 9.84 Å². The number of sulfone groups is 1. The zero-order valence-corrected chi connectivity index (χ0v) is 12.5. The topological polar surface area (TPSA) is 89.3 Å². The molecule has 0 saturated carbocycles. The summed E-state index contributed by atoms with van der Waals surface area (Å²) in [5.74, 6) is -1.34. The number of anilines is 2. The van der Waals surface area contributed by atoms with E-state index in [-0.39, 0.29) is 4.90 Å². The van der Waals surface area contributed by atoms with Crippen molar-refractivity contribution in [3.63, 3.8) is 0 Å². The van der Waals surface area contributed by atoms with Gasteiger partial charge in [-0.05, 0) is 30.3 Å². The van der Waals surface area contributed by atoms with Gasteiger partial charge in [-0.3, -0.25) is 4.79 Å². The van der Waals surface area contributed by atoms with Crippen LogP contribution in [0.2, 0.25) is 5.02 Å². The third-order valence-electron chi connectivity index (χ3n) is 2.71. The second-order valence-electron chi connectivity index (χ2n) is 4.35. The maximum absolute atomic E-state index is 12.1. The molecule has 2 aromatic rings. The Morgan fingerprint density at radius 2 is 1.86 bits per heavy atom. The molecule has 0 atom stereocenters. The molecule has 0 aromatic heterocycles. The van der Waals surface area contributed by atoms with Gasteiger partial charge in [0.25, 0.3) is 0 Å². The lowest BCUT2D eigenvalue weighted by Gasteiger charge is -2.08. The van der Waals surface area contributed by atoms with Crippen molar-refractivity contribution in [2.45, 2.75) is 4.90 Å². The predicted molar refractivity (Wildman–Crippen MR) is 83.0 cm³/mol. The summed E-state index contributed by atoms with van der Waals surface area (Å²) in [6, 6.07) is 12.4. The average Bonchev–Trinajstić information content (AvgIpc) is 2.41. The summed E-state index contributed by atoms with van der Waals surface area (Å²) in [5, 5.41) is 2.77. The summed E-state index contributed by atoms with van der Waals surface area (Å²) in [6.07, 6.45) is 0. The second-order valence-corrected chi connectivity index (χ2v) is 6.78. The van der Waals surface area contributed by atoms with Crippen LogP contribution in [0, 0.1) is 0 Å². The molecule has 110 valence electrons. The number of halogens is 1. The fourth-order valence-electron chi connectivity index (χ4n) is 1.71. The Morgan fingerprint density at radius 3 is 2.52 bits per heavy atom. The highest BCUT2D eigenvalue weighted by atomic mass is 35.5. The molecule has 0 spiro atoms. The molecule has 2 aromatic carbocycles. The van der Waals surface area contributed by atoms with Gasteiger partial charge in [-0.1, -0.05) is 29.8 Å². The number of nitrogens with two attached hydrogens (primary N) is 1. The first-order valence-electron chi connectivity index (χ1n) is 6.01. The van der Waals surface area contributed by atoms with E-state index in [1.165, 1.54) is 18.2 Å². The number of para-hydroxylation sites is 2. The Morgan fingerprint density at radius 1 is 1.14 bits per heavy atom. The minimum Gasteiger partial charge on any atom is -0.397 e. The summed E-state index contributed by atoms with van der Waals surface area (Å²) in [6.45, 7) is 0. The maximum Gasteiger partial charge on any atom is 0.240 e. The van der Waals surface area contributed by atoms with Gasteiger partial charge in [0.05, 0.1) is 16.3 Å². The summed E-state index contributed by atoms with van der Waals surface area (Å²) >= 11 is 5.76. The van der Waals surface area contributed by atoms with Gasteiger partial charge in [-0.25, -0.2) is 8.42 Å². The average molecular weight is 325 g/mol. The number of carbonyl (C=O) groups is 1. The molecule has 0 bridgehead atoms. The van der Waals surface area contributed by atoms with Crippen molar-refractivity contribution in [1.29, 1.82) is 0 Å². The van der Waals surface area contributed by atoms with Crippen molar-refractivity contribution in [2.75, 3.05) is 16.8 Å². The number of hydrogen-bond acceptors (Lipinski definition) is 4. The normalized spacial score (nSPS) is 11.1. The molecular formula is C14H13ClN2O3S. The smallest absolute Gasteiger partial charge is 0.240 e. The van der Waals surface area contributed by atoms with Gasteiger partial charge in [0, 0.05) is 5.02 Å². The molecule has 0 radical (unpaired) electrons. The van der Waals surface area contributed by atoms with E-state index in [1.54, 1.807) is 30.3 Å². The second kappa shape index (κ2) is 6.15. The Kier molecular flexibility index (Phi) is 4.50. The van der Waals surface area contributed by atoms with Crippen molar-refractivity contribution < 1.29 is 13.2 Å². The molecule has 5 nitrogen and oxygen atoms in total. The van der Waals surface area contributed by atoms with Crippen molar-refractivity contribution >= 4 is 38.7 Å². The van der Waals surface area contributed by atoms with E-state index in [9.17, 15) is 13.2 Å². The molecule has 0 aliphatic heterocycles. The Bertz CT molecular complexity index is 775. The minimum atomic E-state index is -3.75. The summed E-state index contributed by atoms with van der Waals surface area (Å²) in [4.78, 5) is 11.9. The molecule has 0 fully saturated rings. The number of hydrogen-bond donors (Lipinski definition) is 2. The molecule has 0 unspecified atom stereocenters. The fourth-order valence-corrected chi connectivity index (χ4v) is 3.14. The van der Waals surface area contributed by atoms with Crippen LogP contribution in [-0.2, 0) is 14.6 Å². The van der Waals surface area contributed by atoms with Crippen LogP contribution in [0.5, 0.6) is 0 Å². The van der Waals surface area contributed by atoms with Crippen LogP contribution >= 0.6 is 11.6 Å². The van der Waals surface area contributed by atoms with Crippen LogP contribution in [0.25, 0.3) is 0 Å². The first-order chi connectivity index (χ1) is 9.88. The monoisotopic (exact) mass is 324 g/mol. The molecule has 0 aliphatic carbocycles. The van der Waals surface area contributed by atoms with Gasteiger partial charge in [-0.2, -0.15) is 0 Å². The number of nitrogen functional groups attached to an aromatic ring is 1. The number of carbonyl (C=O) groups excluding carboxylic acids is 1. The van der Waals surface area contributed by atoms with Crippen molar-refractivity contribution in [3.8, 4) is 0 Å². The highest BCUT2D eigenvalue weighted by Crippen LogP contribution is 2.19. The number of benzene rings is 2. The van der Waals surface area contributed by atoms with Crippen LogP contribution in [0.4, 0.5) is 11.4 Å². The summed E-state index contributed by atoms with van der Waals surface area (Å²) < 4.78 is 24.2. The molecule has 2 rings (SSSR count). The van der Waals surface area contributed by atoms with Gasteiger partial charge >= 0.3 is 0 Å². The van der Waals surface area contributed by atoms with E-state index in [4.69, 9.17) is 17.3 Å². The highest BCUT2D eigenvalue weighted by Gasteiger charge is 2.20. The van der Waals surface area contributed by atoms with Gasteiger partial charge in [0.1, 0.15) is 5.75 Å². The molecule has 0 heterocycles. The van der Waals surface area contributed by atoms with Crippen molar-refractivity contribution in [1.82, 2.24) is 0 Å². The SMILES string of the molecule is Nc1ccccc1NC(=O)CS(=O)(=O)c1cccc(Cl)c1. The van der Waals surface area contributed by atoms with Gasteiger partial charge < -0.3 is 11.1 Å². The standard InChI is InChI=1S/C14H13ClN2O3S/c15-10-4-3-5-11(8-10)21(19,20)9-14(18)17-13-7-2-1-6-12(13)16/h1-8H,9,16H2,(H,17,18). The summed E-state index contributed by atoms with van der Waals surface area (Å²) in [7, 11) is -3.75. The first kappa shape index (κ1) is 15.3. The Balaban J connectivity index is 2.14. The van der Waals surface area contributed by atoms with E-state index in [0.29, 0.717) is 16.4 Å². The highest BCUT2D eigenvalue weighted by molar-refractivity contribution is 7.92. The largest absolute Gasteiger partial charge is 0.397 e. The maximum atomic E-state index is 12.1. The van der Waals surface area contributed by atoms with E-state index in [2.05, 4.69) is 5.32 Å². The molecule has 7 heteroatoms. The lowest BCUT2D eigenvalue weighted by atomic mass is 10.3. The molecule has 0 saturated heterocycles. The number of rotatable bonds is 4. The van der Waals surface area contributed by atoms with Crippen molar-refractivity contribution in [2.24, 2.45) is 0 Å². The van der Waals surface area contributed by atoms with Gasteiger partial charge in [0.2, 0.25) is 5.91 Å². The zero-order chi connectivity index (χ0) is 15.5. The van der Waals surface area contributed by atoms with Crippen LogP contribution in [0.1, 0.15) is 0 Å². The molecule has 3 N–H and O–H groups in total. The van der Waals surface area contributed by atoms with E-state index >= 15 is 0 Å². The van der Waals surface area contributed by atoms with Crippen LogP contribution in [0.15, 0.2) is 53.4 Å². The van der Waals surface area contributed by atoms with Crippen molar-refractivity contribution in [3.05, 3.63) is 53.6 Å².